The van der Waals surface area contributed by atoms with Crippen molar-refractivity contribution in [1.82, 2.24) is 0 Å². The summed E-state index contributed by atoms with van der Waals surface area (Å²) < 4.78 is 5.14. The number of hydrogen-bond donors (Lipinski definition) is 0. The molecule has 2 nitrogen and oxygen atoms in total. The molecule has 2 atom stereocenters. The average molecular weight is 226 g/mol. The molecular weight excluding hydrogens is 200 g/mol. The van der Waals surface area contributed by atoms with Gasteiger partial charge < -0.3 is 4.74 Å². The van der Waals surface area contributed by atoms with Crippen LogP contribution in [0, 0.1) is 5.92 Å². The van der Waals surface area contributed by atoms with E-state index in [0.29, 0.717) is 0 Å². The van der Waals surface area contributed by atoms with Gasteiger partial charge in [0.1, 0.15) is 0 Å². The lowest BCUT2D eigenvalue weighted by molar-refractivity contribution is -0.143. The van der Waals surface area contributed by atoms with E-state index in [4.69, 9.17) is 4.74 Å². The molecule has 0 aliphatic carbocycles. The van der Waals surface area contributed by atoms with E-state index in [1.54, 1.807) is 0 Å². The van der Waals surface area contributed by atoms with Crippen molar-refractivity contribution in [2.45, 2.75) is 77.7 Å². The Balaban J connectivity index is 1.93. The van der Waals surface area contributed by atoms with E-state index in [-0.39, 0.29) is 18.0 Å². The van der Waals surface area contributed by atoms with Gasteiger partial charge in [-0.25, -0.2) is 0 Å². The predicted molar refractivity (Wildman–Crippen MR) is 66.3 cm³/mol. The molecule has 0 bridgehead atoms. The zero-order valence-corrected chi connectivity index (χ0v) is 10.8. The number of hydrogen-bond acceptors (Lipinski definition) is 2. The molecule has 1 rings (SSSR count). The van der Waals surface area contributed by atoms with Gasteiger partial charge in [0.15, 0.2) is 0 Å². The average Bonchev–Trinajstić information content (AvgIpc) is 2.56. The third-order valence-electron chi connectivity index (χ3n) is 3.42. The summed E-state index contributed by atoms with van der Waals surface area (Å²) in [6.45, 7) is 4.23. The van der Waals surface area contributed by atoms with Crippen LogP contribution in [-0.4, -0.2) is 12.1 Å². The van der Waals surface area contributed by atoms with Crippen molar-refractivity contribution >= 4 is 5.97 Å². The maximum Gasteiger partial charge on any atom is 0.309 e. The van der Waals surface area contributed by atoms with Gasteiger partial charge in [0.2, 0.25) is 0 Å². The third-order valence-corrected chi connectivity index (χ3v) is 3.42. The van der Waals surface area contributed by atoms with Gasteiger partial charge in [-0.05, 0) is 19.8 Å². The van der Waals surface area contributed by atoms with Crippen LogP contribution in [0.3, 0.4) is 0 Å². The molecule has 0 aromatic heterocycles. The van der Waals surface area contributed by atoms with Crippen LogP contribution in [0.1, 0.15) is 71.6 Å². The van der Waals surface area contributed by atoms with Gasteiger partial charge in [0.05, 0.1) is 12.0 Å². The summed E-state index contributed by atoms with van der Waals surface area (Å²) in [4.78, 5) is 11.4. The van der Waals surface area contributed by atoms with Gasteiger partial charge in [-0.3, -0.25) is 4.79 Å². The van der Waals surface area contributed by atoms with E-state index in [1.807, 2.05) is 6.92 Å². The monoisotopic (exact) mass is 226 g/mol. The number of esters is 1. The molecular formula is C14H26O2. The molecule has 0 radical (unpaired) electrons. The Morgan fingerprint density at radius 2 is 1.75 bits per heavy atom. The number of rotatable bonds is 8. The second kappa shape index (κ2) is 7.70. The van der Waals surface area contributed by atoms with Gasteiger partial charge in [-0.1, -0.05) is 51.9 Å². The summed E-state index contributed by atoms with van der Waals surface area (Å²) in [5, 5.41) is 0. The fourth-order valence-electron chi connectivity index (χ4n) is 2.42. The quantitative estimate of drug-likeness (QED) is 0.460. The van der Waals surface area contributed by atoms with E-state index in [0.717, 1.165) is 12.8 Å². The van der Waals surface area contributed by atoms with Crippen LogP contribution in [0.25, 0.3) is 0 Å². The first-order valence-electron chi connectivity index (χ1n) is 6.94. The summed E-state index contributed by atoms with van der Waals surface area (Å²) >= 11 is 0. The maximum absolute atomic E-state index is 11.4. The van der Waals surface area contributed by atoms with Crippen LogP contribution in [0.2, 0.25) is 0 Å². The van der Waals surface area contributed by atoms with Crippen LogP contribution in [0.4, 0.5) is 0 Å². The van der Waals surface area contributed by atoms with Crippen molar-refractivity contribution in [2.24, 2.45) is 5.92 Å². The topological polar surface area (TPSA) is 26.3 Å². The summed E-state index contributed by atoms with van der Waals surface area (Å²) in [6.07, 6.45) is 11.3. The van der Waals surface area contributed by atoms with Gasteiger partial charge in [-0.2, -0.15) is 0 Å². The molecule has 1 heterocycles. The zero-order chi connectivity index (χ0) is 11.8. The molecule has 94 valence electrons. The van der Waals surface area contributed by atoms with Crippen LogP contribution < -0.4 is 0 Å². The standard InChI is InChI=1S/C14H26O2/c1-3-4-5-6-7-8-9-10-13-11-12(2)16-14(13)15/h12-13H,3-11H2,1-2H3. The number of carbonyl (C=O) groups excluding carboxylic acids is 1. The molecule has 16 heavy (non-hydrogen) atoms. The molecule has 0 aromatic rings. The minimum Gasteiger partial charge on any atom is -0.462 e. The summed E-state index contributed by atoms with van der Waals surface area (Å²) in [5.41, 5.74) is 0. The maximum atomic E-state index is 11.4. The second-order valence-electron chi connectivity index (χ2n) is 5.09. The van der Waals surface area contributed by atoms with Crippen molar-refractivity contribution < 1.29 is 9.53 Å². The lowest BCUT2D eigenvalue weighted by atomic mass is 9.97. The van der Waals surface area contributed by atoms with E-state index in [9.17, 15) is 4.79 Å². The smallest absolute Gasteiger partial charge is 0.309 e. The first-order valence-corrected chi connectivity index (χ1v) is 6.94. The van der Waals surface area contributed by atoms with E-state index in [1.165, 1.54) is 44.9 Å². The highest BCUT2D eigenvalue weighted by Crippen LogP contribution is 2.25. The lowest BCUT2D eigenvalue weighted by Gasteiger charge is -2.04. The Bertz CT molecular complexity index is 201. The minimum atomic E-state index is 0.0403. The molecule has 0 saturated carbocycles. The first kappa shape index (κ1) is 13.5. The van der Waals surface area contributed by atoms with Gasteiger partial charge in [0, 0.05) is 0 Å². The summed E-state index contributed by atoms with van der Waals surface area (Å²) in [5.74, 6) is 0.240. The van der Waals surface area contributed by atoms with Gasteiger partial charge in [-0.15, -0.1) is 0 Å². The van der Waals surface area contributed by atoms with Crippen molar-refractivity contribution in [3.05, 3.63) is 0 Å². The fraction of sp³-hybridized carbons (Fsp3) is 0.929. The summed E-state index contributed by atoms with van der Waals surface area (Å²) in [7, 11) is 0. The number of cyclic esters (lactones) is 1. The van der Waals surface area contributed by atoms with Gasteiger partial charge >= 0.3 is 5.97 Å². The Kier molecular flexibility index (Phi) is 6.51. The molecule has 1 aliphatic rings. The molecule has 1 aliphatic heterocycles. The third kappa shape index (κ3) is 5.00. The van der Waals surface area contributed by atoms with Crippen LogP contribution in [0.5, 0.6) is 0 Å². The number of carbonyl (C=O) groups is 1. The summed E-state index contributed by atoms with van der Waals surface area (Å²) in [6, 6.07) is 0. The van der Waals surface area contributed by atoms with Crippen LogP contribution in [0.15, 0.2) is 0 Å². The Morgan fingerprint density at radius 3 is 2.31 bits per heavy atom. The Morgan fingerprint density at radius 1 is 1.12 bits per heavy atom. The molecule has 0 spiro atoms. The largest absolute Gasteiger partial charge is 0.462 e. The number of ether oxygens (including phenoxy) is 1. The van der Waals surface area contributed by atoms with Crippen molar-refractivity contribution in [3.63, 3.8) is 0 Å². The number of unbranched alkanes of at least 4 members (excludes halogenated alkanes) is 6. The Labute approximate surface area is 99.8 Å². The zero-order valence-electron chi connectivity index (χ0n) is 10.8. The van der Waals surface area contributed by atoms with Crippen molar-refractivity contribution in [3.8, 4) is 0 Å². The van der Waals surface area contributed by atoms with Gasteiger partial charge in [0.25, 0.3) is 0 Å². The molecule has 0 amide bonds. The highest BCUT2D eigenvalue weighted by Gasteiger charge is 2.30. The highest BCUT2D eigenvalue weighted by molar-refractivity contribution is 5.74. The molecule has 0 aromatic carbocycles. The minimum absolute atomic E-state index is 0.0403. The predicted octanol–water partition coefficient (Wildman–Crippen LogP) is 4.08. The van der Waals surface area contributed by atoms with E-state index in [2.05, 4.69) is 6.92 Å². The van der Waals surface area contributed by atoms with Crippen LogP contribution in [-0.2, 0) is 9.53 Å². The van der Waals surface area contributed by atoms with Crippen molar-refractivity contribution in [1.29, 1.82) is 0 Å². The van der Waals surface area contributed by atoms with Crippen LogP contribution >= 0.6 is 0 Å². The van der Waals surface area contributed by atoms with Crippen molar-refractivity contribution in [2.75, 3.05) is 0 Å². The SMILES string of the molecule is CCCCCCCCCC1CC(C)OC1=O. The van der Waals surface area contributed by atoms with E-state index < -0.39 is 0 Å². The Hall–Kier alpha value is -0.530. The molecule has 2 unspecified atom stereocenters. The molecule has 1 fully saturated rings. The van der Waals surface area contributed by atoms with E-state index >= 15 is 0 Å². The normalized spacial score (nSPS) is 24.8. The molecule has 2 heteroatoms. The first-order chi connectivity index (χ1) is 7.74. The highest BCUT2D eigenvalue weighted by atomic mass is 16.5. The second-order valence-corrected chi connectivity index (χ2v) is 5.09. The molecule has 0 N–H and O–H groups in total. The molecule has 1 saturated heterocycles. The lowest BCUT2D eigenvalue weighted by Crippen LogP contribution is -2.07. The fourth-order valence-corrected chi connectivity index (χ4v) is 2.42.